The van der Waals surface area contributed by atoms with Gasteiger partial charge in [-0.1, -0.05) is 30.3 Å². The molecule has 0 spiro atoms. The summed E-state index contributed by atoms with van der Waals surface area (Å²) >= 11 is 0. The minimum absolute atomic E-state index is 0.231. The van der Waals surface area contributed by atoms with Crippen LogP contribution in [0.15, 0.2) is 54.6 Å². The summed E-state index contributed by atoms with van der Waals surface area (Å²) in [6.07, 6.45) is 3.23. The number of carbonyl (C=O) groups excluding carboxylic acids is 1. The van der Waals surface area contributed by atoms with Crippen LogP contribution in [0.4, 0.5) is 5.69 Å². The van der Waals surface area contributed by atoms with Crippen LogP contribution in [0.3, 0.4) is 0 Å². The molecule has 0 aliphatic rings. The maximum atomic E-state index is 12.0. The van der Waals surface area contributed by atoms with Crippen molar-refractivity contribution in [2.24, 2.45) is 0 Å². The first-order chi connectivity index (χ1) is 10.2. The fraction of sp³-hybridized carbons (Fsp3) is 0.118. The zero-order valence-electron chi connectivity index (χ0n) is 12.0. The molecule has 0 saturated carbocycles. The van der Waals surface area contributed by atoms with Gasteiger partial charge in [0.25, 0.3) is 0 Å². The average Bonchev–Trinajstić information content (AvgIpc) is 2.54. The van der Waals surface area contributed by atoms with E-state index in [0.29, 0.717) is 17.2 Å². The number of carbonyl (C=O) groups is 1. The van der Waals surface area contributed by atoms with Gasteiger partial charge in [-0.15, -0.1) is 0 Å². The molecular formula is C17H17NO3. The Kier molecular flexibility index (Phi) is 4.99. The molecule has 1 N–H and O–H groups in total. The Balaban J connectivity index is 2.10. The van der Waals surface area contributed by atoms with Crippen LogP contribution in [0.25, 0.3) is 6.08 Å². The minimum atomic E-state index is -0.231. The van der Waals surface area contributed by atoms with E-state index in [1.165, 1.54) is 6.08 Å². The molecule has 2 rings (SSSR count). The van der Waals surface area contributed by atoms with Crippen molar-refractivity contribution in [2.45, 2.75) is 0 Å². The third-order valence-electron chi connectivity index (χ3n) is 2.89. The first-order valence-corrected chi connectivity index (χ1v) is 6.49. The van der Waals surface area contributed by atoms with Crippen molar-refractivity contribution in [1.29, 1.82) is 0 Å². The van der Waals surface area contributed by atoms with Gasteiger partial charge in [0.1, 0.15) is 11.5 Å². The number of nitrogens with one attached hydrogen (secondary N) is 1. The first-order valence-electron chi connectivity index (χ1n) is 6.49. The van der Waals surface area contributed by atoms with Crippen LogP contribution in [-0.2, 0) is 4.79 Å². The van der Waals surface area contributed by atoms with Crippen molar-refractivity contribution < 1.29 is 14.3 Å². The molecule has 4 heteroatoms. The number of ether oxygens (including phenoxy) is 2. The van der Waals surface area contributed by atoms with Crippen molar-refractivity contribution in [3.05, 3.63) is 60.2 Å². The number of hydrogen-bond donors (Lipinski definition) is 1. The Morgan fingerprint density at radius 3 is 2.48 bits per heavy atom. The summed E-state index contributed by atoms with van der Waals surface area (Å²) in [6.45, 7) is 0. The third kappa shape index (κ3) is 4.11. The molecule has 2 aromatic carbocycles. The molecule has 2 aromatic rings. The van der Waals surface area contributed by atoms with Gasteiger partial charge < -0.3 is 14.8 Å². The highest BCUT2D eigenvalue weighted by atomic mass is 16.5. The molecule has 0 atom stereocenters. The highest BCUT2D eigenvalue weighted by Crippen LogP contribution is 2.28. The number of benzene rings is 2. The molecule has 0 bridgehead atoms. The van der Waals surface area contributed by atoms with Gasteiger partial charge in [-0.05, 0) is 23.8 Å². The van der Waals surface area contributed by atoms with E-state index in [4.69, 9.17) is 9.47 Å². The zero-order chi connectivity index (χ0) is 15.1. The smallest absolute Gasteiger partial charge is 0.248 e. The van der Waals surface area contributed by atoms with Gasteiger partial charge in [0, 0.05) is 12.1 Å². The van der Waals surface area contributed by atoms with Crippen molar-refractivity contribution in [1.82, 2.24) is 0 Å². The van der Waals surface area contributed by atoms with E-state index in [9.17, 15) is 4.79 Å². The van der Waals surface area contributed by atoms with E-state index >= 15 is 0 Å². The van der Waals surface area contributed by atoms with E-state index in [2.05, 4.69) is 5.32 Å². The third-order valence-corrected chi connectivity index (χ3v) is 2.89. The summed E-state index contributed by atoms with van der Waals surface area (Å²) in [6, 6.07) is 14.9. The molecule has 1 amide bonds. The maximum Gasteiger partial charge on any atom is 0.248 e. The number of methoxy groups -OCH3 is 2. The second-order valence-electron chi connectivity index (χ2n) is 4.30. The molecule has 0 heterocycles. The molecule has 21 heavy (non-hydrogen) atoms. The summed E-state index contributed by atoms with van der Waals surface area (Å²) < 4.78 is 10.4. The number of anilines is 1. The lowest BCUT2D eigenvalue weighted by Crippen LogP contribution is -2.09. The van der Waals surface area contributed by atoms with E-state index in [1.54, 1.807) is 38.5 Å². The van der Waals surface area contributed by atoms with Crippen molar-refractivity contribution in [3.63, 3.8) is 0 Å². The maximum absolute atomic E-state index is 12.0. The summed E-state index contributed by atoms with van der Waals surface area (Å²) in [5.41, 5.74) is 1.53. The van der Waals surface area contributed by atoms with Crippen LogP contribution >= 0.6 is 0 Å². The Labute approximate surface area is 124 Å². The van der Waals surface area contributed by atoms with Crippen LogP contribution in [-0.4, -0.2) is 20.1 Å². The zero-order valence-corrected chi connectivity index (χ0v) is 12.0. The van der Waals surface area contributed by atoms with Gasteiger partial charge in [0.15, 0.2) is 0 Å². The Hall–Kier alpha value is -2.75. The van der Waals surface area contributed by atoms with E-state index in [0.717, 1.165) is 5.56 Å². The van der Waals surface area contributed by atoms with E-state index < -0.39 is 0 Å². The van der Waals surface area contributed by atoms with Crippen LogP contribution in [0.1, 0.15) is 5.56 Å². The summed E-state index contributed by atoms with van der Waals surface area (Å²) in [5.74, 6) is 1.00. The van der Waals surface area contributed by atoms with E-state index in [-0.39, 0.29) is 5.91 Å². The predicted octanol–water partition coefficient (Wildman–Crippen LogP) is 3.36. The Morgan fingerprint density at radius 1 is 1.05 bits per heavy atom. The normalized spacial score (nSPS) is 10.4. The molecule has 108 valence electrons. The average molecular weight is 283 g/mol. The largest absolute Gasteiger partial charge is 0.497 e. The van der Waals surface area contributed by atoms with Crippen molar-refractivity contribution in [2.75, 3.05) is 19.5 Å². The first kappa shape index (κ1) is 14.7. The van der Waals surface area contributed by atoms with Gasteiger partial charge in [-0.3, -0.25) is 4.79 Å². The molecule has 0 unspecified atom stereocenters. The van der Waals surface area contributed by atoms with Gasteiger partial charge in [0.05, 0.1) is 19.9 Å². The fourth-order valence-corrected chi connectivity index (χ4v) is 1.82. The molecule has 0 fully saturated rings. The topological polar surface area (TPSA) is 47.6 Å². The number of hydrogen-bond acceptors (Lipinski definition) is 3. The van der Waals surface area contributed by atoms with Gasteiger partial charge >= 0.3 is 0 Å². The fourth-order valence-electron chi connectivity index (χ4n) is 1.82. The molecular weight excluding hydrogens is 266 g/mol. The molecule has 0 aliphatic heterocycles. The second-order valence-corrected chi connectivity index (χ2v) is 4.30. The Morgan fingerprint density at radius 2 is 1.81 bits per heavy atom. The number of amides is 1. The summed E-state index contributed by atoms with van der Waals surface area (Å²) in [5, 5.41) is 2.78. The van der Waals surface area contributed by atoms with Crippen LogP contribution in [0, 0.1) is 0 Å². The van der Waals surface area contributed by atoms with Gasteiger partial charge in [-0.2, -0.15) is 0 Å². The van der Waals surface area contributed by atoms with Gasteiger partial charge in [0.2, 0.25) is 5.91 Å². The lowest BCUT2D eigenvalue weighted by molar-refractivity contribution is -0.111. The summed E-state index contributed by atoms with van der Waals surface area (Å²) in [4.78, 5) is 12.0. The molecule has 0 saturated heterocycles. The minimum Gasteiger partial charge on any atom is -0.497 e. The Bertz CT molecular complexity index is 636. The SMILES string of the molecule is COc1ccc(OC)c(NC(=O)C=Cc2ccccc2)c1. The summed E-state index contributed by atoms with van der Waals surface area (Å²) in [7, 11) is 3.12. The van der Waals surface area contributed by atoms with Crippen LogP contribution in [0.2, 0.25) is 0 Å². The van der Waals surface area contributed by atoms with Crippen molar-refractivity contribution in [3.8, 4) is 11.5 Å². The molecule has 0 aliphatic carbocycles. The lowest BCUT2D eigenvalue weighted by atomic mass is 10.2. The standard InChI is InChI=1S/C17H17NO3/c1-20-14-9-10-16(21-2)15(12-14)18-17(19)11-8-13-6-4-3-5-7-13/h3-12H,1-2H3,(H,18,19). The second kappa shape index (κ2) is 7.14. The lowest BCUT2D eigenvalue weighted by Gasteiger charge is -2.10. The highest BCUT2D eigenvalue weighted by Gasteiger charge is 2.07. The molecule has 0 radical (unpaired) electrons. The number of rotatable bonds is 5. The monoisotopic (exact) mass is 283 g/mol. The molecule has 4 nitrogen and oxygen atoms in total. The molecule has 0 aromatic heterocycles. The van der Waals surface area contributed by atoms with Crippen LogP contribution in [0.5, 0.6) is 11.5 Å². The van der Waals surface area contributed by atoms with Crippen molar-refractivity contribution >= 4 is 17.7 Å². The predicted molar refractivity (Wildman–Crippen MR) is 83.7 cm³/mol. The van der Waals surface area contributed by atoms with E-state index in [1.807, 2.05) is 30.3 Å². The quantitative estimate of drug-likeness (QED) is 0.856. The van der Waals surface area contributed by atoms with Crippen LogP contribution < -0.4 is 14.8 Å². The highest BCUT2D eigenvalue weighted by molar-refractivity contribution is 6.02. The van der Waals surface area contributed by atoms with Gasteiger partial charge in [-0.25, -0.2) is 0 Å².